The maximum Gasteiger partial charge on any atom is 0.242 e. The molecule has 1 aliphatic rings. The van der Waals surface area contributed by atoms with Crippen LogP contribution in [0.15, 0.2) is 0 Å². The SMILES string of the molecule is CC1(C)NC(=O)C(C)(C)N1Br. The summed E-state index contributed by atoms with van der Waals surface area (Å²) in [5.74, 6) is 0.0550. The highest BCUT2D eigenvalue weighted by Crippen LogP contribution is 2.33. The molecule has 1 heterocycles. The zero-order valence-corrected chi connectivity index (χ0v) is 8.82. The standard InChI is InChI=1S/C7H13BrN2O/c1-6(2)5(11)9-7(3,4)10(6)8/h1-4H3,(H,9,11). The van der Waals surface area contributed by atoms with Gasteiger partial charge in [0.1, 0.15) is 5.54 Å². The fraction of sp³-hybridized carbons (Fsp3) is 0.857. The van der Waals surface area contributed by atoms with Crippen molar-refractivity contribution in [3.63, 3.8) is 0 Å². The Bertz CT molecular complexity index is 201. The van der Waals surface area contributed by atoms with E-state index in [9.17, 15) is 4.79 Å². The van der Waals surface area contributed by atoms with Gasteiger partial charge in [-0.05, 0) is 27.7 Å². The number of hydrogen-bond acceptors (Lipinski definition) is 2. The van der Waals surface area contributed by atoms with Crippen LogP contribution in [0, 0.1) is 0 Å². The Kier molecular flexibility index (Phi) is 1.80. The van der Waals surface area contributed by atoms with Gasteiger partial charge in [-0.15, -0.1) is 0 Å². The van der Waals surface area contributed by atoms with E-state index in [2.05, 4.69) is 21.5 Å². The highest BCUT2D eigenvalue weighted by Gasteiger charge is 2.49. The molecule has 1 amide bonds. The third-order valence-corrected chi connectivity index (χ3v) is 3.73. The number of carbonyl (C=O) groups excluding carboxylic acids is 1. The van der Waals surface area contributed by atoms with Crippen molar-refractivity contribution < 1.29 is 4.79 Å². The first-order valence-electron chi connectivity index (χ1n) is 3.57. The predicted octanol–water partition coefficient (Wildman–Crippen LogP) is 1.24. The number of carbonyl (C=O) groups is 1. The van der Waals surface area contributed by atoms with Crippen LogP contribution in [0.5, 0.6) is 0 Å². The number of nitrogens with one attached hydrogen (secondary N) is 1. The molecule has 0 aromatic rings. The summed E-state index contributed by atoms with van der Waals surface area (Å²) in [6, 6.07) is 0. The second kappa shape index (κ2) is 2.20. The molecule has 11 heavy (non-hydrogen) atoms. The quantitative estimate of drug-likeness (QED) is 0.624. The molecular weight excluding hydrogens is 208 g/mol. The summed E-state index contributed by atoms with van der Waals surface area (Å²) in [6.07, 6.45) is 0. The van der Waals surface area contributed by atoms with Crippen LogP contribution < -0.4 is 5.32 Å². The molecule has 4 heteroatoms. The summed E-state index contributed by atoms with van der Waals surface area (Å²) in [4.78, 5) is 11.3. The van der Waals surface area contributed by atoms with E-state index in [-0.39, 0.29) is 11.6 Å². The zero-order chi connectivity index (χ0) is 8.86. The molecule has 0 aromatic carbocycles. The summed E-state index contributed by atoms with van der Waals surface area (Å²) < 4.78 is 1.86. The van der Waals surface area contributed by atoms with Crippen molar-refractivity contribution in [3.05, 3.63) is 0 Å². The molecule has 0 radical (unpaired) electrons. The highest BCUT2D eigenvalue weighted by molar-refractivity contribution is 9.07. The van der Waals surface area contributed by atoms with Crippen LogP contribution in [-0.4, -0.2) is 21.0 Å². The van der Waals surface area contributed by atoms with Crippen molar-refractivity contribution >= 4 is 22.1 Å². The molecule has 0 spiro atoms. The predicted molar refractivity (Wildman–Crippen MR) is 47.1 cm³/mol. The van der Waals surface area contributed by atoms with Crippen molar-refractivity contribution in [3.8, 4) is 0 Å². The Morgan fingerprint density at radius 3 is 1.91 bits per heavy atom. The first-order chi connectivity index (χ1) is 4.78. The maximum atomic E-state index is 11.3. The van der Waals surface area contributed by atoms with Crippen molar-refractivity contribution in [1.82, 2.24) is 9.24 Å². The lowest BCUT2D eigenvalue weighted by Crippen LogP contribution is -2.44. The number of nitrogens with zero attached hydrogens (tertiary/aromatic N) is 1. The van der Waals surface area contributed by atoms with Gasteiger partial charge < -0.3 is 5.32 Å². The molecule has 0 atom stereocenters. The van der Waals surface area contributed by atoms with Gasteiger partial charge in [0.15, 0.2) is 0 Å². The molecule has 1 aliphatic heterocycles. The minimum Gasteiger partial charge on any atom is -0.336 e. The van der Waals surface area contributed by atoms with E-state index < -0.39 is 5.54 Å². The van der Waals surface area contributed by atoms with Crippen LogP contribution in [0.3, 0.4) is 0 Å². The Labute approximate surface area is 75.5 Å². The molecular formula is C7H13BrN2O. The van der Waals surface area contributed by atoms with Crippen LogP contribution in [0.25, 0.3) is 0 Å². The third kappa shape index (κ3) is 1.18. The molecule has 0 saturated carbocycles. The Hall–Kier alpha value is -0.0900. The second-order valence-corrected chi connectivity index (χ2v) is 4.56. The van der Waals surface area contributed by atoms with E-state index >= 15 is 0 Å². The smallest absolute Gasteiger partial charge is 0.242 e. The maximum absolute atomic E-state index is 11.3. The number of amides is 1. The number of halogens is 1. The molecule has 64 valence electrons. The topological polar surface area (TPSA) is 32.3 Å². The second-order valence-electron chi connectivity index (χ2n) is 3.85. The molecule has 1 rings (SSSR count). The van der Waals surface area contributed by atoms with Gasteiger partial charge >= 0.3 is 0 Å². The summed E-state index contributed by atoms with van der Waals surface area (Å²) in [5.41, 5.74) is -0.746. The van der Waals surface area contributed by atoms with Gasteiger partial charge in [0.25, 0.3) is 0 Å². The van der Waals surface area contributed by atoms with Crippen LogP contribution in [0.2, 0.25) is 0 Å². The molecule has 0 aromatic heterocycles. The van der Waals surface area contributed by atoms with Gasteiger partial charge in [-0.1, -0.05) is 0 Å². The monoisotopic (exact) mass is 220 g/mol. The summed E-state index contributed by atoms with van der Waals surface area (Å²) >= 11 is 3.37. The van der Waals surface area contributed by atoms with Crippen LogP contribution in [0.4, 0.5) is 0 Å². The Morgan fingerprint density at radius 2 is 1.82 bits per heavy atom. The molecule has 1 saturated heterocycles. The van der Waals surface area contributed by atoms with Crippen molar-refractivity contribution in [2.24, 2.45) is 0 Å². The molecule has 1 N–H and O–H groups in total. The van der Waals surface area contributed by atoms with Crippen molar-refractivity contribution in [2.75, 3.05) is 0 Å². The van der Waals surface area contributed by atoms with Gasteiger partial charge in [-0.25, -0.2) is 3.93 Å². The largest absolute Gasteiger partial charge is 0.336 e. The lowest BCUT2D eigenvalue weighted by molar-refractivity contribution is -0.123. The summed E-state index contributed by atoms with van der Waals surface area (Å²) in [5, 5.41) is 2.87. The van der Waals surface area contributed by atoms with Crippen molar-refractivity contribution in [1.29, 1.82) is 0 Å². The van der Waals surface area contributed by atoms with Gasteiger partial charge in [-0.2, -0.15) is 0 Å². The third-order valence-electron chi connectivity index (χ3n) is 1.96. The van der Waals surface area contributed by atoms with Gasteiger partial charge in [0.2, 0.25) is 5.91 Å². The fourth-order valence-corrected chi connectivity index (χ4v) is 1.52. The molecule has 0 bridgehead atoms. The molecule has 3 nitrogen and oxygen atoms in total. The lowest BCUT2D eigenvalue weighted by atomic mass is 10.1. The first-order valence-corrected chi connectivity index (χ1v) is 4.28. The summed E-state index contributed by atoms with van der Waals surface area (Å²) in [7, 11) is 0. The first kappa shape index (κ1) is 9.00. The molecule has 0 unspecified atom stereocenters. The normalized spacial score (nSPS) is 28.6. The Morgan fingerprint density at radius 1 is 1.36 bits per heavy atom. The highest BCUT2D eigenvalue weighted by atomic mass is 79.9. The van der Waals surface area contributed by atoms with Gasteiger partial charge in [0, 0.05) is 16.1 Å². The van der Waals surface area contributed by atoms with E-state index in [0.717, 1.165) is 0 Å². The lowest BCUT2D eigenvalue weighted by Gasteiger charge is -2.30. The van der Waals surface area contributed by atoms with Crippen LogP contribution in [0.1, 0.15) is 27.7 Å². The van der Waals surface area contributed by atoms with Gasteiger partial charge in [0.05, 0.1) is 5.66 Å². The average molecular weight is 221 g/mol. The van der Waals surface area contributed by atoms with Crippen molar-refractivity contribution in [2.45, 2.75) is 38.9 Å². The molecule has 1 fully saturated rings. The number of hydrogen-bond donors (Lipinski definition) is 1. The van der Waals surface area contributed by atoms with Gasteiger partial charge in [-0.3, -0.25) is 4.79 Å². The van der Waals surface area contributed by atoms with E-state index in [0.29, 0.717) is 0 Å². The van der Waals surface area contributed by atoms with E-state index in [1.165, 1.54) is 0 Å². The average Bonchev–Trinajstić information content (AvgIpc) is 1.94. The summed E-state index contributed by atoms with van der Waals surface area (Å²) in [6.45, 7) is 7.67. The van der Waals surface area contributed by atoms with E-state index in [4.69, 9.17) is 0 Å². The molecule has 0 aliphatic carbocycles. The fourth-order valence-electron chi connectivity index (χ4n) is 1.27. The zero-order valence-electron chi connectivity index (χ0n) is 7.23. The van der Waals surface area contributed by atoms with Crippen LogP contribution >= 0.6 is 16.1 Å². The van der Waals surface area contributed by atoms with E-state index in [1.807, 2.05) is 31.6 Å². The van der Waals surface area contributed by atoms with E-state index in [1.54, 1.807) is 0 Å². The van der Waals surface area contributed by atoms with Crippen LogP contribution in [-0.2, 0) is 4.79 Å². The minimum atomic E-state index is -0.455. The Balaban J connectivity index is 2.98. The minimum absolute atomic E-state index is 0.0550. The number of rotatable bonds is 0.